The fourth-order valence-corrected chi connectivity index (χ4v) is 2.39. The number of hydrogen-bond acceptors (Lipinski definition) is 3. The molecular weight excluding hydrogens is 210 g/mol. The lowest BCUT2D eigenvalue weighted by molar-refractivity contribution is 0.310. The largest absolute Gasteiger partial charge is 0.271 e. The minimum atomic E-state index is 0.338. The molecule has 0 radical (unpaired) electrons. The molecule has 3 heteroatoms. The van der Waals surface area contributed by atoms with Gasteiger partial charge in [-0.2, -0.15) is 0 Å². The molecule has 0 aliphatic rings. The minimum absolute atomic E-state index is 0.338. The topological polar surface area (TPSA) is 50.9 Å². The zero-order valence-corrected chi connectivity index (χ0v) is 11.0. The standard InChI is InChI=1S/C14H25N3/c1-3-7-12(8-4-2)14(17-15)11-13-9-5-6-10-16-13/h5-6,9-10,12,14,17H,3-4,7-8,11,15H2,1-2H3. The summed E-state index contributed by atoms with van der Waals surface area (Å²) in [5.41, 5.74) is 4.10. The Morgan fingerprint density at radius 1 is 1.24 bits per heavy atom. The van der Waals surface area contributed by atoms with Gasteiger partial charge in [-0.05, 0) is 30.9 Å². The Labute approximate surface area is 105 Å². The number of hydrazine groups is 1. The summed E-state index contributed by atoms with van der Waals surface area (Å²) in [6, 6.07) is 6.39. The van der Waals surface area contributed by atoms with Gasteiger partial charge in [-0.3, -0.25) is 16.3 Å². The quantitative estimate of drug-likeness (QED) is 0.538. The third kappa shape index (κ3) is 4.84. The normalized spacial score (nSPS) is 12.9. The molecular formula is C14H25N3. The van der Waals surface area contributed by atoms with Gasteiger partial charge in [-0.1, -0.05) is 32.8 Å². The van der Waals surface area contributed by atoms with Crippen molar-refractivity contribution < 1.29 is 0 Å². The summed E-state index contributed by atoms with van der Waals surface area (Å²) in [7, 11) is 0. The zero-order valence-electron chi connectivity index (χ0n) is 11.0. The van der Waals surface area contributed by atoms with Crippen molar-refractivity contribution in [3.8, 4) is 0 Å². The maximum Gasteiger partial charge on any atom is 0.0419 e. The van der Waals surface area contributed by atoms with Crippen LogP contribution in [0, 0.1) is 5.92 Å². The van der Waals surface area contributed by atoms with E-state index in [0.717, 1.165) is 12.1 Å². The van der Waals surface area contributed by atoms with Crippen molar-refractivity contribution >= 4 is 0 Å². The number of pyridine rings is 1. The van der Waals surface area contributed by atoms with Crippen molar-refractivity contribution in [2.24, 2.45) is 11.8 Å². The van der Waals surface area contributed by atoms with Gasteiger partial charge in [0.1, 0.15) is 0 Å². The van der Waals surface area contributed by atoms with Crippen molar-refractivity contribution in [3.63, 3.8) is 0 Å². The first kappa shape index (κ1) is 14.1. The van der Waals surface area contributed by atoms with Gasteiger partial charge in [-0.15, -0.1) is 0 Å². The fourth-order valence-electron chi connectivity index (χ4n) is 2.39. The lowest BCUT2D eigenvalue weighted by atomic mass is 9.88. The lowest BCUT2D eigenvalue weighted by Gasteiger charge is -2.26. The van der Waals surface area contributed by atoms with Crippen LogP contribution in [0.15, 0.2) is 24.4 Å². The SMILES string of the molecule is CCCC(CCC)C(Cc1ccccn1)NN. The molecule has 0 aromatic carbocycles. The molecule has 1 aromatic heterocycles. The molecule has 1 atom stereocenters. The van der Waals surface area contributed by atoms with Gasteiger partial charge in [0, 0.05) is 24.4 Å². The Balaban J connectivity index is 2.61. The molecule has 1 rings (SSSR count). The van der Waals surface area contributed by atoms with Gasteiger partial charge in [0.15, 0.2) is 0 Å². The number of nitrogens with zero attached hydrogens (tertiary/aromatic N) is 1. The Bertz CT molecular complexity index is 281. The van der Waals surface area contributed by atoms with E-state index < -0.39 is 0 Å². The smallest absolute Gasteiger partial charge is 0.0419 e. The molecule has 3 nitrogen and oxygen atoms in total. The molecule has 0 bridgehead atoms. The Kier molecular flexibility index (Phi) is 6.82. The van der Waals surface area contributed by atoms with Crippen molar-refractivity contribution in [3.05, 3.63) is 30.1 Å². The van der Waals surface area contributed by atoms with Crippen LogP contribution in [0.2, 0.25) is 0 Å². The number of hydrogen-bond donors (Lipinski definition) is 2. The first-order valence-electron chi connectivity index (χ1n) is 6.67. The van der Waals surface area contributed by atoms with E-state index in [9.17, 15) is 0 Å². The van der Waals surface area contributed by atoms with E-state index in [0.29, 0.717) is 12.0 Å². The predicted molar refractivity (Wildman–Crippen MR) is 72.4 cm³/mol. The summed E-state index contributed by atoms with van der Waals surface area (Å²) < 4.78 is 0. The molecule has 3 N–H and O–H groups in total. The molecule has 1 heterocycles. The van der Waals surface area contributed by atoms with E-state index in [2.05, 4.69) is 30.3 Å². The summed E-state index contributed by atoms with van der Waals surface area (Å²) >= 11 is 0. The molecule has 0 aliphatic carbocycles. The number of aromatic nitrogens is 1. The average molecular weight is 235 g/mol. The van der Waals surface area contributed by atoms with E-state index in [1.54, 1.807) is 0 Å². The van der Waals surface area contributed by atoms with Crippen LogP contribution >= 0.6 is 0 Å². The van der Waals surface area contributed by atoms with Crippen LogP contribution in [0.4, 0.5) is 0 Å². The highest BCUT2D eigenvalue weighted by molar-refractivity contribution is 5.05. The van der Waals surface area contributed by atoms with E-state index >= 15 is 0 Å². The highest BCUT2D eigenvalue weighted by atomic mass is 15.2. The fraction of sp³-hybridized carbons (Fsp3) is 0.643. The third-order valence-corrected chi connectivity index (χ3v) is 3.26. The van der Waals surface area contributed by atoms with Gasteiger partial charge in [-0.25, -0.2) is 0 Å². The van der Waals surface area contributed by atoms with Gasteiger partial charge < -0.3 is 0 Å². The third-order valence-electron chi connectivity index (χ3n) is 3.26. The van der Waals surface area contributed by atoms with E-state index in [1.165, 1.54) is 25.7 Å². The summed E-state index contributed by atoms with van der Waals surface area (Å²) in [6.07, 6.45) is 7.65. The van der Waals surface area contributed by atoms with Crippen molar-refractivity contribution in [1.82, 2.24) is 10.4 Å². The second-order valence-electron chi connectivity index (χ2n) is 4.64. The van der Waals surface area contributed by atoms with Crippen molar-refractivity contribution in [2.45, 2.75) is 52.0 Å². The molecule has 96 valence electrons. The monoisotopic (exact) mass is 235 g/mol. The van der Waals surface area contributed by atoms with Crippen LogP contribution in [0.3, 0.4) is 0 Å². The second kappa shape index (κ2) is 8.20. The minimum Gasteiger partial charge on any atom is -0.271 e. The second-order valence-corrected chi connectivity index (χ2v) is 4.64. The first-order chi connectivity index (χ1) is 8.31. The van der Waals surface area contributed by atoms with Crippen molar-refractivity contribution in [2.75, 3.05) is 0 Å². The molecule has 1 aromatic rings. The number of nitrogens with one attached hydrogen (secondary N) is 1. The van der Waals surface area contributed by atoms with Gasteiger partial charge in [0.2, 0.25) is 0 Å². The molecule has 1 unspecified atom stereocenters. The van der Waals surface area contributed by atoms with Crippen LogP contribution in [0.1, 0.15) is 45.2 Å². The van der Waals surface area contributed by atoms with Gasteiger partial charge in [0.05, 0.1) is 0 Å². The Morgan fingerprint density at radius 2 is 1.94 bits per heavy atom. The molecule has 0 spiro atoms. The highest BCUT2D eigenvalue weighted by Gasteiger charge is 2.19. The molecule has 0 saturated heterocycles. The average Bonchev–Trinajstić information content (AvgIpc) is 2.37. The molecule has 0 saturated carbocycles. The van der Waals surface area contributed by atoms with E-state index in [1.807, 2.05) is 18.3 Å². The van der Waals surface area contributed by atoms with Crippen LogP contribution in [-0.4, -0.2) is 11.0 Å². The van der Waals surface area contributed by atoms with Gasteiger partial charge in [0.25, 0.3) is 0 Å². The number of nitrogens with two attached hydrogens (primary N) is 1. The molecule has 0 aliphatic heterocycles. The van der Waals surface area contributed by atoms with Crippen LogP contribution < -0.4 is 11.3 Å². The molecule has 17 heavy (non-hydrogen) atoms. The van der Waals surface area contributed by atoms with Crippen molar-refractivity contribution in [1.29, 1.82) is 0 Å². The Hall–Kier alpha value is -0.930. The summed E-state index contributed by atoms with van der Waals surface area (Å²) in [5.74, 6) is 6.35. The predicted octanol–water partition coefficient (Wildman–Crippen LogP) is 2.67. The van der Waals surface area contributed by atoms with E-state index in [4.69, 9.17) is 5.84 Å². The van der Waals surface area contributed by atoms with Crippen LogP contribution in [0.5, 0.6) is 0 Å². The van der Waals surface area contributed by atoms with Crippen LogP contribution in [0.25, 0.3) is 0 Å². The van der Waals surface area contributed by atoms with Gasteiger partial charge >= 0.3 is 0 Å². The lowest BCUT2D eigenvalue weighted by Crippen LogP contribution is -2.42. The first-order valence-corrected chi connectivity index (χ1v) is 6.67. The zero-order chi connectivity index (χ0) is 12.5. The Morgan fingerprint density at radius 3 is 2.41 bits per heavy atom. The molecule has 0 fully saturated rings. The summed E-state index contributed by atoms with van der Waals surface area (Å²) in [4.78, 5) is 4.37. The summed E-state index contributed by atoms with van der Waals surface area (Å²) in [6.45, 7) is 4.47. The van der Waals surface area contributed by atoms with Crippen LogP contribution in [-0.2, 0) is 6.42 Å². The maximum atomic E-state index is 5.70. The van der Waals surface area contributed by atoms with E-state index in [-0.39, 0.29) is 0 Å². The molecule has 0 amide bonds. The number of rotatable bonds is 8. The highest BCUT2D eigenvalue weighted by Crippen LogP contribution is 2.20. The maximum absolute atomic E-state index is 5.70. The summed E-state index contributed by atoms with van der Waals surface area (Å²) in [5, 5.41) is 0.